The summed E-state index contributed by atoms with van der Waals surface area (Å²) in [5.74, 6) is 2.07. The average molecular weight is 242 g/mol. The molecule has 0 unspecified atom stereocenters. The zero-order chi connectivity index (χ0) is 11.5. The minimum absolute atomic E-state index is 0.543. The first-order valence-electron chi connectivity index (χ1n) is 4.83. The predicted octanol–water partition coefficient (Wildman–Crippen LogP) is 1.05. The lowest BCUT2D eigenvalue weighted by molar-refractivity contribution is 0.385. The third-order valence-corrected chi connectivity index (χ3v) is 2.51. The number of hydrogen-bond acceptors (Lipinski definition) is 5. The lowest BCUT2D eigenvalue weighted by atomic mass is 10.5. The highest BCUT2D eigenvalue weighted by molar-refractivity contribution is 6.29. The Bertz CT molecular complexity index is 478. The molecule has 2 aromatic rings. The van der Waals surface area contributed by atoms with Gasteiger partial charge in [0, 0.05) is 14.0 Å². The van der Waals surface area contributed by atoms with Crippen LogP contribution in [0.3, 0.4) is 0 Å². The molecule has 0 atom stereocenters. The number of nitrogens with zero attached hydrogens (tertiary/aromatic N) is 4. The summed E-state index contributed by atoms with van der Waals surface area (Å²) in [5, 5.41) is 7.55. The molecule has 0 amide bonds. The van der Waals surface area contributed by atoms with Crippen molar-refractivity contribution in [3.8, 4) is 0 Å². The van der Waals surface area contributed by atoms with Gasteiger partial charge in [-0.05, 0) is 0 Å². The normalized spacial score (nSPS) is 10.9. The maximum Gasteiger partial charge on any atom is 0.223 e. The van der Waals surface area contributed by atoms with Crippen LogP contribution < -0.4 is 5.32 Å². The van der Waals surface area contributed by atoms with E-state index >= 15 is 0 Å². The second-order valence-electron chi connectivity index (χ2n) is 3.39. The summed E-state index contributed by atoms with van der Waals surface area (Å²) in [6.45, 7) is 2.91. The molecule has 0 radical (unpaired) electrons. The third-order valence-electron chi connectivity index (χ3n) is 2.16. The van der Waals surface area contributed by atoms with E-state index < -0.39 is 0 Å². The zero-order valence-electron chi connectivity index (χ0n) is 9.07. The Balaban J connectivity index is 1.86. The van der Waals surface area contributed by atoms with Crippen molar-refractivity contribution in [1.29, 1.82) is 0 Å². The second-order valence-corrected chi connectivity index (χ2v) is 3.78. The average Bonchev–Trinajstić information content (AvgIpc) is 2.79. The van der Waals surface area contributed by atoms with E-state index in [4.69, 9.17) is 16.1 Å². The van der Waals surface area contributed by atoms with E-state index in [0.717, 1.165) is 5.82 Å². The van der Waals surface area contributed by atoms with Gasteiger partial charge in [0.05, 0.1) is 19.3 Å². The first kappa shape index (κ1) is 11.1. The summed E-state index contributed by atoms with van der Waals surface area (Å²) in [6, 6.07) is 0. The van der Waals surface area contributed by atoms with E-state index in [2.05, 4.69) is 20.4 Å². The lowest BCUT2D eigenvalue weighted by Crippen LogP contribution is -2.16. The summed E-state index contributed by atoms with van der Waals surface area (Å²) >= 11 is 5.86. The summed E-state index contributed by atoms with van der Waals surface area (Å²) in [6.07, 6.45) is 1.62. The molecule has 7 heteroatoms. The highest BCUT2D eigenvalue weighted by Crippen LogP contribution is 2.08. The van der Waals surface area contributed by atoms with E-state index in [1.54, 1.807) is 13.1 Å². The fourth-order valence-corrected chi connectivity index (χ4v) is 1.43. The molecule has 0 fully saturated rings. The predicted molar refractivity (Wildman–Crippen MR) is 57.8 cm³/mol. The van der Waals surface area contributed by atoms with Gasteiger partial charge in [-0.3, -0.25) is 0 Å². The molecule has 86 valence electrons. The number of aromatic nitrogens is 4. The standard InChI is InChI=1S/C9H12ClN5O/c1-6-13-8(14-16-6)4-11-5-9-12-3-7(10)15(9)2/h3,11H,4-5H2,1-2H3. The van der Waals surface area contributed by atoms with Crippen LogP contribution in [0.4, 0.5) is 0 Å². The Hall–Kier alpha value is -1.40. The van der Waals surface area contributed by atoms with Crippen LogP contribution in [0.2, 0.25) is 5.15 Å². The van der Waals surface area contributed by atoms with Crippen molar-refractivity contribution in [1.82, 2.24) is 25.0 Å². The molecule has 0 bridgehead atoms. The molecule has 2 rings (SSSR count). The number of rotatable bonds is 4. The van der Waals surface area contributed by atoms with Crippen LogP contribution in [-0.4, -0.2) is 19.7 Å². The van der Waals surface area contributed by atoms with Gasteiger partial charge in [0.2, 0.25) is 5.89 Å². The van der Waals surface area contributed by atoms with Crippen molar-refractivity contribution >= 4 is 11.6 Å². The van der Waals surface area contributed by atoms with E-state index in [-0.39, 0.29) is 0 Å². The molecule has 0 saturated heterocycles. The van der Waals surface area contributed by atoms with Gasteiger partial charge < -0.3 is 14.4 Å². The van der Waals surface area contributed by atoms with Gasteiger partial charge in [-0.15, -0.1) is 0 Å². The minimum Gasteiger partial charge on any atom is -0.340 e. The summed E-state index contributed by atoms with van der Waals surface area (Å²) in [4.78, 5) is 8.23. The highest BCUT2D eigenvalue weighted by atomic mass is 35.5. The Labute approximate surface area is 97.6 Å². The van der Waals surface area contributed by atoms with Gasteiger partial charge in [0.15, 0.2) is 5.82 Å². The Kier molecular flexibility index (Phi) is 3.21. The lowest BCUT2D eigenvalue weighted by Gasteiger charge is -2.02. The first-order valence-corrected chi connectivity index (χ1v) is 5.20. The van der Waals surface area contributed by atoms with Crippen LogP contribution in [0.15, 0.2) is 10.7 Å². The van der Waals surface area contributed by atoms with Gasteiger partial charge in [0.1, 0.15) is 11.0 Å². The second kappa shape index (κ2) is 4.63. The molecular weight excluding hydrogens is 230 g/mol. The first-order chi connectivity index (χ1) is 7.66. The number of halogens is 1. The molecule has 0 aliphatic heterocycles. The van der Waals surface area contributed by atoms with Crippen molar-refractivity contribution in [2.75, 3.05) is 0 Å². The van der Waals surface area contributed by atoms with Crippen molar-refractivity contribution in [3.63, 3.8) is 0 Å². The fourth-order valence-electron chi connectivity index (χ4n) is 1.29. The van der Waals surface area contributed by atoms with E-state index in [1.807, 2.05) is 11.6 Å². The number of aryl methyl sites for hydroxylation is 1. The summed E-state index contributed by atoms with van der Waals surface area (Å²) in [7, 11) is 1.87. The van der Waals surface area contributed by atoms with Crippen LogP contribution in [0, 0.1) is 6.92 Å². The SMILES string of the molecule is Cc1nc(CNCc2ncc(Cl)n2C)no1. The smallest absolute Gasteiger partial charge is 0.223 e. The molecule has 0 saturated carbocycles. The van der Waals surface area contributed by atoms with Crippen LogP contribution >= 0.6 is 11.6 Å². The number of nitrogens with one attached hydrogen (secondary N) is 1. The molecule has 1 N–H and O–H groups in total. The van der Waals surface area contributed by atoms with Crippen LogP contribution in [0.5, 0.6) is 0 Å². The minimum atomic E-state index is 0.543. The van der Waals surface area contributed by atoms with Crippen LogP contribution in [0.1, 0.15) is 17.5 Å². The van der Waals surface area contributed by atoms with E-state index in [1.165, 1.54) is 0 Å². The number of imidazole rings is 1. The zero-order valence-corrected chi connectivity index (χ0v) is 9.82. The van der Waals surface area contributed by atoms with Crippen molar-refractivity contribution in [3.05, 3.63) is 28.9 Å². The maximum absolute atomic E-state index is 5.86. The van der Waals surface area contributed by atoms with Crippen molar-refractivity contribution in [2.24, 2.45) is 7.05 Å². The van der Waals surface area contributed by atoms with Crippen molar-refractivity contribution in [2.45, 2.75) is 20.0 Å². The van der Waals surface area contributed by atoms with Gasteiger partial charge in [-0.25, -0.2) is 4.98 Å². The van der Waals surface area contributed by atoms with E-state index in [0.29, 0.717) is 30.0 Å². The molecule has 2 heterocycles. The molecule has 0 aromatic carbocycles. The maximum atomic E-state index is 5.86. The molecule has 6 nitrogen and oxygen atoms in total. The topological polar surface area (TPSA) is 68.8 Å². The fraction of sp³-hybridized carbons (Fsp3) is 0.444. The van der Waals surface area contributed by atoms with Crippen LogP contribution in [0.25, 0.3) is 0 Å². The number of hydrogen-bond donors (Lipinski definition) is 1. The van der Waals surface area contributed by atoms with Gasteiger partial charge in [-0.1, -0.05) is 16.8 Å². The highest BCUT2D eigenvalue weighted by Gasteiger charge is 2.05. The molecule has 0 aliphatic carbocycles. The van der Waals surface area contributed by atoms with Gasteiger partial charge in [-0.2, -0.15) is 4.98 Å². The van der Waals surface area contributed by atoms with Crippen LogP contribution in [-0.2, 0) is 20.1 Å². The Morgan fingerprint density at radius 3 is 2.88 bits per heavy atom. The summed E-state index contributed by atoms with van der Waals surface area (Å²) < 4.78 is 6.67. The van der Waals surface area contributed by atoms with Gasteiger partial charge >= 0.3 is 0 Å². The van der Waals surface area contributed by atoms with Crippen molar-refractivity contribution < 1.29 is 4.52 Å². The molecule has 0 aliphatic rings. The largest absolute Gasteiger partial charge is 0.340 e. The van der Waals surface area contributed by atoms with E-state index in [9.17, 15) is 0 Å². The molecule has 2 aromatic heterocycles. The molecule has 0 spiro atoms. The van der Waals surface area contributed by atoms with Gasteiger partial charge in [0.25, 0.3) is 0 Å². The quantitative estimate of drug-likeness (QED) is 0.867. The monoisotopic (exact) mass is 241 g/mol. The Morgan fingerprint density at radius 2 is 2.31 bits per heavy atom. The molecular formula is C9H12ClN5O. The molecule has 16 heavy (non-hydrogen) atoms. The summed E-state index contributed by atoms with van der Waals surface area (Å²) in [5.41, 5.74) is 0. The third kappa shape index (κ3) is 2.40. The Morgan fingerprint density at radius 1 is 1.50 bits per heavy atom.